The van der Waals surface area contributed by atoms with Gasteiger partial charge in [-0.05, 0) is 18.6 Å². The van der Waals surface area contributed by atoms with Crippen LogP contribution in [-0.2, 0) is 6.54 Å². The molecule has 1 aromatic heterocycles. The highest BCUT2D eigenvalue weighted by Gasteiger charge is 2.14. The number of hydrogen-bond acceptors (Lipinski definition) is 4. The molecule has 17 heavy (non-hydrogen) atoms. The molecule has 0 spiro atoms. The van der Waals surface area contributed by atoms with Gasteiger partial charge >= 0.3 is 0 Å². The summed E-state index contributed by atoms with van der Waals surface area (Å²) in [6.07, 6.45) is -2.52. The van der Waals surface area contributed by atoms with E-state index in [0.717, 1.165) is 0 Å². The van der Waals surface area contributed by atoms with E-state index in [9.17, 15) is 8.78 Å². The molecular formula is C11H11F2N3O. The molecule has 0 aliphatic carbocycles. The third-order valence-corrected chi connectivity index (χ3v) is 2.42. The average Bonchev–Trinajstić information content (AvgIpc) is 2.78. The number of nitrogens with zero attached hydrogens (tertiary/aromatic N) is 2. The van der Waals surface area contributed by atoms with Crippen molar-refractivity contribution in [2.75, 3.05) is 0 Å². The summed E-state index contributed by atoms with van der Waals surface area (Å²) >= 11 is 0. The molecule has 0 unspecified atom stereocenters. The maximum absolute atomic E-state index is 12.7. The Morgan fingerprint density at radius 3 is 2.76 bits per heavy atom. The average molecular weight is 239 g/mol. The zero-order valence-corrected chi connectivity index (χ0v) is 9.15. The molecule has 0 aliphatic rings. The second-order valence-electron chi connectivity index (χ2n) is 3.59. The van der Waals surface area contributed by atoms with Crippen LogP contribution in [0.25, 0.3) is 11.4 Å². The summed E-state index contributed by atoms with van der Waals surface area (Å²) < 4.78 is 30.2. The van der Waals surface area contributed by atoms with Crippen molar-refractivity contribution in [3.05, 3.63) is 35.2 Å². The van der Waals surface area contributed by atoms with Crippen LogP contribution in [0.5, 0.6) is 0 Å². The van der Waals surface area contributed by atoms with Crippen molar-refractivity contribution in [2.45, 2.75) is 19.9 Å². The predicted molar refractivity (Wildman–Crippen MR) is 57.3 cm³/mol. The molecule has 90 valence electrons. The van der Waals surface area contributed by atoms with Gasteiger partial charge in [-0.1, -0.05) is 17.3 Å². The first-order chi connectivity index (χ1) is 8.11. The lowest BCUT2D eigenvalue weighted by molar-refractivity contribution is 0.150. The SMILES string of the molecule is Cc1ccc(-c2noc(CN)n2)cc1C(F)F. The molecule has 0 radical (unpaired) electrons. The third kappa shape index (κ3) is 2.31. The number of hydrogen-bond donors (Lipinski definition) is 1. The molecule has 0 atom stereocenters. The van der Waals surface area contributed by atoms with Crippen molar-refractivity contribution in [1.82, 2.24) is 10.1 Å². The lowest BCUT2D eigenvalue weighted by Crippen LogP contribution is -1.96. The maximum atomic E-state index is 12.7. The second kappa shape index (κ2) is 4.58. The molecule has 0 fully saturated rings. The predicted octanol–water partition coefficient (Wildman–Crippen LogP) is 2.44. The quantitative estimate of drug-likeness (QED) is 0.893. The Hall–Kier alpha value is -1.82. The van der Waals surface area contributed by atoms with Crippen molar-refractivity contribution >= 4 is 0 Å². The first kappa shape index (κ1) is 11.7. The molecule has 2 N–H and O–H groups in total. The van der Waals surface area contributed by atoms with E-state index in [2.05, 4.69) is 10.1 Å². The molecule has 2 rings (SSSR count). The van der Waals surface area contributed by atoms with Crippen LogP contribution in [0, 0.1) is 6.92 Å². The number of halogens is 2. The van der Waals surface area contributed by atoms with Crippen molar-refractivity contribution in [3.63, 3.8) is 0 Å². The van der Waals surface area contributed by atoms with Crippen LogP contribution < -0.4 is 5.73 Å². The third-order valence-electron chi connectivity index (χ3n) is 2.42. The molecule has 4 nitrogen and oxygen atoms in total. The summed E-state index contributed by atoms with van der Waals surface area (Å²) in [5.74, 6) is 0.548. The summed E-state index contributed by atoms with van der Waals surface area (Å²) in [7, 11) is 0. The Balaban J connectivity index is 2.42. The highest BCUT2D eigenvalue weighted by atomic mass is 19.3. The van der Waals surface area contributed by atoms with Crippen LogP contribution in [-0.4, -0.2) is 10.1 Å². The molecule has 0 saturated heterocycles. The number of nitrogens with two attached hydrogens (primary N) is 1. The van der Waals surface area contributed by atoms with Crippen molar-refractivity contribution in [3.8, 4) is 11.4 Å². The van der Waals surface area contributed by atoms with E-state index in [1.54, 1.807) is 19.1 Å². The Morgan fingerprint density at radius 2 is 2.18 bits per heavy atom. The number of rotatable bonds is 3. The number of aryl methyl sites for hydroxylation is 1. The fraction of sp³-hybridized carbons (Fsp3) is 0.273. The molecule has 1 heterocycles. The molecule has 6 heteroatoms. The highest BCUT2D eigenvalue weighted by Crippen LogP contribution is 2.27. The lowest BCUT2D eigenvalue weighted by atomic mass is 10.1. The lowest BCUT2D eigenvalue weighted by Gasteiger charge is -2.05. The van der Waals surface area contributed by atoms with E-state index in [0.29, 0.717) is 11.1 Å². The van der Waals surface area contributed by atoms with Gasteiger partial charge in [0.1, 0.15) is 0 Å². The Morgan fingerprint density at radius 1 is 1.41 bits per heavy atom. The van der Waals surface area contributed by atoms with E-state index < -0.39 is 6.43 Å². The number of alkyl halides is 2. The van der Waals surface area contributed by atoms with Crippen molar-refractivity contribution in [1.29, 1.82) is 0 Å². The molecular weight excluding hydrogens is 228 g/mol. The van der Waals surface area contributed by atoms with Gasteiger partial charge in [0.05, 0.1) is 6.54 Å². The van der Waals surface area contributed by atoms with Gasteiger partial charge in [0.25, 0.3) is 6.43 Å². The van der Waals surface area contributed by atoms with Gasteiger partial charge < -0.3 is 10.3 Å². The van der Waals surface area contributed by atoms with Crippen LogP contribution in [0.1, 0.15) is 23.4 Å². The van der Waals surface area contributed by atoms with E-state index in [-0.39, 0.29) is 23.8 Å². The Labute approximate surface area is 96.4 Å². The molecule has 0 amide bonds. The summed E-state index contributed by atoms with van der Waals surface area (Å²) in [6.45, 7) is 1.76. The Kier molecular flexibility index (Phi) is 3.14. The van der Waals surface area contributed by atoms with Gasteiger partial charge in [-0.3, -0.25) is 0 Å². The summed E-state index contributed by atoms with van der Waals surface area (Å²) in [5, 5.41) is 3.68. The molecule has 0 aliphatic heterocycles. The summed E-state index contributed by atoms with van der Waals surface area (Å²) in [6, 6.07) is 4.65. The fourth-order valence-electron chi connectivity index (χ4n) is 1.47. The minimum Gasteiger partial charge on any atom is -0.338 e. The van der Waals surface area contributed by atoms with Crippen LogP contribution in [0.15, 0.2) is 22.7 Å². The molecule has 0 bridgehead atoms. The first-order valence-corrected chi connectivity index (χ1v) is 5.03. The van der Waals surface area contributed by atoms with Crippen LogP contribution in [0.4, 0.5) is 8.78 Å². The smallest absolute Gasteiger partial charge is 0.264 e. The van der Waals surface area contributed by atoms with E-state index in [1.165, 1.54) is 6.07 Å². The van der Waals surface area contributed by atoms with E-state index in [4.69, 9.17) is 10.3 Å². The Bertz CT molecular complexity index is 525. The van der Waals surface area contributed by atoms with Gasteiger partial charge in [-0.15, -0.1) is 0 Å². The van der Waals surface area contributed by atoms with Crippen molar-refractivity contribution in [2.24, 2.45) is 5.73 Å². The number of aromatic nitrogens is 2. The molecule has 0 saturated carbocycles. The number of benzene rings is 1. The van der Waals surface area contributed by atoms with Gasteiger partial charge in [0.15, 0.2) is 0 Å². The summed E-state index contributed by atoms with van der Waals surface area (Å²) in [5.41, 5.74) is 6.33. The first-order valence-electron chi connectivity index (χ1n) is 5.03. The largest absolute Gasteiger partial charge is 0.338 e. The minimum atomic E-state index is -2.52. The van der Waals surface area contributed by atoms with Crippen LogP contribution in [0.2, 0.25) is 0 Å². The van der Waals surface area contributed by atoms with Gasteiger partial charge in [-0.25, -0.2) is 8.78 Å². The highest BCUT2D eigenvalue weighted by molar-refractivity contribution is 5.57. The van der Waals surface area contributed by atoms with Crippen LogP contribution in [0.3, 0.4) is 0 Å². The topological polar surface area (TPSA) is 64.9 Å². The van der Waals surface area contributed by atoms with Gasteiger partial charge in [0, 0.05) is 11.1 Å². The summed E-state index contributed by atoms with van der Waals surface area (Å²) in [4.78, 5) is 3.98. The minimum absolute atomic E-state index is 0.0263. The second-order valence-corrected chi connectivity index (χ2v) is 3.59. The monoisotopic (exact) mass is 239 g/mol. The zero-order valence-electron chi connectivity index (χ0n) is 9.15. The zero-order chi connectivity index (χ0) is 12.4. The normalized spacial score (nSPS) is 11.1. The fourth-order valence-corrected chi connectivity index (χ4v) is 1.47. The maximum Gasteiger partial charge on any atom is 0.264 e. The van der Waals surface area contributed by atoms with E-state index >= 15 is 0 Å². The standard InChI is InChI=1S/C11H11F2N3O/c1-6-2-3-7(4-8(6)10(12)13)11-15-9(5-14)17-16-11/h2-4,10H,5,14H2,1H3. The van der Waals surface area contributed by atoms with Gasteiger partial charge in [-0.2, -0.15) is 4.98 Å². The van der Waals surface area contributed by atoms with E-state index in [1.807, 2.05) is 0 Å². The van der Waals surface area contributed by atoms with Crippen molar-refractivity contribution < 1.29 is 13.3 Å². The molecule has 1 aromatic carbocycles. The molecule has 2 aromatic rings. The van der Waals surface area contributed by atoms with Gasteiger partial charge in [0.2, 0.25) is 11.7 Å². The van der Waals surface area contributed by atoms with Crippen LogP contribution >= 0.6 is 0 Å².